The molecular weight excluding hydrogens is 485 g/mol. The number of halogens is 4. The third-order valence-electron chi connectivity index (χ3n) is 4.60. The highest BCUT2D eigenvalue weighted by Crippen LogP contribution is 2.33. The summed E-state index contributed by atoms with van der Waals surface area (Å²) in [6.07, 6.45) is -5.23. The number of rotatable bonds is 5. The number of nitrogens with one attached hydrogen (secondary N) is 2. The van der Waals surface area contributed by atoms with Gasteiger partial charge in [0.25, 0.3) is 5.91 Å². The van der Waals surface area contributed by atoms with Crippen LogP contribution in [0.1, 0.15) is 27.7 Å². The molecule has 3 N–H and O–H groups in total. The van der Waals surface area contributed by atoms with Gasteiger partial charge in [0.15, 0.2) is 0 Å². The quantitative estimate of drug-likeness (QED) is 0.556. The van der Waals surface area contributed by atoms with Gasteiger partial charge >= 0.3 is 6.18 Å². The average Bonchev–Trinajstić information content (AvgIpc) is 2.68. The normalized spacial score (nSPS) is 14.3. The van der Waals surface area contributed by atoms with Gasteiger partial charge in [-0.25, -0.2) is 8.42 Å². The summed E-state index contributed by atoms with van der Waals surface area (Å²) in [5.74, 6) is -2.03. The van der Waals surface area contributed by atoms with Crippen LogP contribution in [-0.2, 0) is 19.4 Å². The van der Waals surface area contributed by atoms with Crippen molar-refractivity contribution in [3.63, 3.8) is 0 Å². The van der Waals surface area contributed by atoms with E-state index in [-0.39, 0.29) is 33.3 Å². The number of hydrogen-bond donors (Lipinski definition) is 3. The van der Waals surface area contributed by atoms with E-state index in [9.17, 15) is 36.3 Å². The smallest absolute Gasteiger partial charge is 0.373 e. The molecule has 2 aromatic carbocycles. The van der Waals surface area contributed by atoms with Gasteiger partial charge in [-0.2, -0.15) is 13.2 Å². The SMILES string of the molecule is CC(C)(C)C(=O)Nc1ccc(S(=O)(=O)c2ccc(NC(=O)[C@@](C)(O)C(F)(F)F)c(Cl)c2)cc1. The Hall–Kier alpha value is -2.63. The van der Waals surface area contributed by atoms with Crippen LogP contribution in [0.5, 0.6) is 0 Å². The van der Waals surface area contributed by atoms with Gasteiger partial charge in [-0.1, -0.05) is 32.4 Å². The van der Waals surface area contributed by atoms with Gasteiger partial charge in [-0.3, -0.25) is 9.59 Å². The summed E-state index contributed by atoms with van der Waals surface area (Å²) < 4.78 is 64.2. The van der Waals surface area contributed by atoms with Crippen LogP contribution >= 0.6 is 11.6 Å². The molecule has 2 aromatic rings. The van der Waals surface area contributed by atoms with E-state index < -0.39 is 32.9 Å². The number of amides is 2. The highest BCUT2D eigenvalue weighted by molar-refractivity contribution is 7.91. The summed E-state index contributed by atoms with van der Waals surface area (Å²) in [4.78, 5) is 23.5. The Bertz CT molecular complexity index is 1170. The first kappa shape index (κ1) is 26.6. The number of benzene rings is 2. The van der Waals surface area contributed by atoms with Crippen LogP contribution in [0.25, 0.3) is 0 Å². The zero-order chi connectivity index (χ0) is 25.4. The maximum atomic E-state index is 12.9. The highest BCUT2D eigenvalue weighted by atomic mass is 35.5. The summed E-state index contributed by atoms with van der Waals surface area (Å²) in [5.41, 5.74) is -4.25. The Morgan fingerprint density at radius 2 is 1.39 bits per heavy atom. The molecule has 0 aliphatic heterocycles. The molecule has 180 valence electrons. The molecule has 1 atom stereocenters. The van der Waals surface area contributed by atoms with E-state index in [4.69, 9.17) is 11.6 Å². The van der Waals surface area contributed by atoms with Gasteiger partial charge in [-0.05, 0) is 49.4 Å². The molecule has 0 spiro atoms. The number of anilines is 2. The fourth-order valence-electron chi connectivity index (χ4n) is 2.31. The van der Waals surface area contributed by atoms with Gasteiger partial charge in [0.1, 0.15) is 0 Å². The predicted octanol–water partition coefficient (Wildman–Crippen LogP) is 4.41. The summed E-state index contributed by atoms with van der Waals surface area (Å²) in [6.45, 7) is 5.45. The van der Waals surface area contributed by atoms with Crippen molar-refractivity contribution in [2.24, 2.45) is 5.41 Å². The second kappa shape index (κ2) is 8.96. The van der Waals surface area contributed by atoms with Gasteiger partial charge in [0.05, 0.1) is 20.5 Å². The van der Waals surface area contributed by atoms with Gasteiger partial charge in [0.2, 0.25) is 21.3 Å². The van der Waals surface area contributed by atoms with E-state index in [0.29, 0.717) is 5.69 Å². The minimum absolute atomic E-state index is 0.121. The maximum Gasteiger partial charge on any atom is 0.426 e. The minimum atomic E-state index is -5.23. The summed E-state index contributed by atoms with van der Waals surface area (Å²) in [6, 6.07) is 8.39. The van der Waals surface area contributed by atoms with E-state index in [0.717, 1.165) is 18.2 Å². The Kier molecular flexibility index (Phi) is 7.23. The fourth-order valence-corrected chi connectivity index (χ4v) is 3.89. The Labute approximate surface area is 193 Å². The van der Waals surface area contributed by atoms with E-state index in [1.165, 1.54) is 24.3 Å². The summed E-state index contributed by atoms with van der Waals surface area (Å²) in [7, 11) is -4.07. The molecule has 0 saturated carbocycles. The minimum Gasteiger partial charge on any atom is -0.373 e. The maximum absolute atomic E-state index is 12.9. The summed E-state index contributed by atoms with van der Waals surface area (Å²) in [5, 5.41) is 13.6. The lowest BCUT2D eigenvalue weighted by Crippen LogP contribution is -2.52. The zero-order valence-corrected chi connectivity index (χ0v) is 19.6. The van der Waals surface area contributed by atoms with Crippen molar-refractivity contribution in [1.82, 2.24) is 0 Å². The molecule has 0 heterocycles. The van der Waals surface area contributed by atoms with Crippen LogP contribution in [-0.4, -0.2) is 37.1 Å². The molecule has 2 rings (SSSR count). The van der Waals surface area contributed by atoms with Crippen molar-refractivity contribution in [3.05, 3.63) is 47.5 Å². The van der Waals surface area contributed by atoms with Crippen molar-refractivity contribution in [1.29, 1.82) is 0 Å². The molecular formula is C21H22ClF3N2O5S. The number of aliphatic hydroxyl groups is 1. The van der Waals surface area contributed by atoms with E-state index >= 15 is 0 Å². The molecule has 7 nitrogen and oxygen atoms in total. The first-order chi connectivity index (χ1) is 14.9. The van der Waals surface area contributed by atoms with E-state index in [1.54, 1.807) is 20.8 Å². The lowest BCUT2D eigenvalue weighted by Gasteiger charge is -2.25. The van der Waals surface area contributed by atoms with Crippen LogP contribution in [0.15, 0.2) is 52.3 Å². The molecule has 0 aromatic heterocycles. The Morgan fingerprint density at radius 1 is 0.879 bits per heavy atom. The van der Waals surface area contributed by atoms with Crippen molar-refractivity contribution in [2.45, 2.75) is 49.3 Å². The van der Waals surface area contributed by atoms with Crippen LogP contribution in [0.4, 0.5) is 24.5 Å². The molecule has 0 fully saturated rings. The fraction of sp³-hybridized carbons (Fsp3) is 0.333. The lowest BCUT2D eigenvalue weighted by molar-refractivity contribution is -0.242. The second-order valence-corrected chi connectivity index (χ2v) is 10.8. The Morgan fingerprint density at radius 3 is 1.85 bits per heavy atom. The standard InChI is InChI=1S/C21H22ClF3N2O5S/c1-19(2,3)17(28)26-12-5-7-13(8-6-12)33(31,32)14-9-10-16(15(22)11-14)27-18(29)20(4,30)21(23,24)25/h5-11,30H,1-4H3,(H,26,28)(H,27,29)/t20-/m1/s1. The highest BCUT2D eigenvalue weighted by Gasteiger charge is 2.55. The number of sulfone groups is 1. The van der Waals surface area contributed by atoms with Gasteiger partial charge in [0, 0.05) is 11.1 Å². The third-order valence-corrected chi connectivity index (χ3v) is 6.68. The van der Waals surface area contributed by atoms with Crippen LogP contribution in [0, 0.1) is 5.41 Å². The first-order valence-corrected chi connectivity index (χ1v) is 11.3. The zero-order valence-electron chi connectivity index (χ0n) is 18.0. The largest absolute Gasteiger partial charge is 0.426 e. The van der Waals surface area contributed by atoms with Crippen molar-refractivity contribution in [3.8, 4) is 0 Å². The topological polar surface area (TPSA) is 113 Å². The number of hydrogen-bond acceptors (Lipinski definition) is 5. The molecule has 2 amide bonds. The predicted molar refractivity (Wildman–Crippen MR) is 117 cm³/mol. The molecule has 0 unspecified atom stereocenters. The van der Waals surface area contributed by atoms with E-state index in [2.05, 4.69) is 5.32 Å². The first-order valence-electron chi connectivity index (χ1n) is 9.44. The monoisotopic (exact) mass is 506 g/mol. The molecule has 0 aliphatic carbocycles. The van der Waals surface area contributed by atoms with Crippen molar-refractivity contribution >= 4 is 44.6 Å². The Balaban J connectivity index is 2.26. The molecule has 0 saturated heterocycles. The molecule has 0 radical (unpaired) electrons. The van der Waals surface area contributed by atoms with Crippen LogP contribution < -0.4 is 10.6 Å². The lowest BCUT2D eigenvalue weighted by atomic mass is 9.95. The molecule has 33 heavy (non-hydrogen) atoms. The summed E-state index contributed by atoms with van der Waals surface area (Å²) >= 11 is 5.97. The van der Waals surface area contributed by atoms with Crippen molar-refractivity contribution < 1.29 is 36.3 Å². The number of carbonyl (C=O) groups is 2. The van der Waals surface area contributed by atoms with Crippen molar-refractivity contribution in [2.75, 3.05) is 10.6 Å². The molecule has 0 bridgehead atoms. The van der Waals surface area contributed by atoms with Gasteiger partial charge < -0.3 is 15.7 Å². The molecule has 0 aliphatic rings. The second-order valence-electron chi connectivity index (χ2n) is 8.40. The number of alkyl halides is 3. The van der Waals surface area contributed by atoms with Gasteiger partial charge in [-0.15, -0.1) is 0 Å². The van der Waals surface area contributed by atoms with Crippen LogP contribution in [0.3, 0.4) is 0 Å². The molecule has 12 heteroatoms. The average molecular weight is 507 g/mol. The van der Waals surface area contributed by atoms with Crippen LogP contribution in [0.2, 0.25) is 5.02 Å². The van der Waals surface area contributed by atoms with E-state index in [1.807, 2.05) is 5.32 Å². The third kappa shape index (κ3) is 5.84. The number of carbonyl (C=O) groups excluding carboxylic acids is 2.